The molecule has 1 atom stereocenters. The summed E-state index contributed by atoms with van der Waals surface area (Å²) in [4.78, 5) is 28.1. The van der Waals surface area contributed by atoms with Gasteiger partial charge in [-0.3, -0.25) is 4.79 Å². The van der Waals surface area contributed by atoms with Crippen molar-refractivity contribution in [3.8, 4) is 0 Å². The highest BCUT2D eigenvalue weighted by atomic mass is 35.5. The van der Waals surface area contributed by atoms with Gasteiger partial charge in [-0.2, -0.15) is 0 Å². The monoisotopic (exact) mass is 527 g/mol. The van der Waals surface area contributed by atoms with Gasteiger partial charge < -0.3 is 26.8 Å². The summed E-state index contributed by atoms with van der Waals surface area (Å²) < 4.78 is 0. The van der Waals surface area contributed by atoms with Gasteiger partial charge in [0.25, 0.3) is 0 Å². The minimum absolute atomic E-state index is 0. The van der Waals surface area contributed by atoms with Crippen molar-refractivity contribution in [3.05, 3.63) is 103 Å². The molecule has 0 aliphatic heterocycles. The van der Waals surface area contributed by atoms with E-state index in [9.17, 15) is 9.59 Å². The number of pyridine rings is 1. The van der Waals surface area contributed by atoms with Gasteiger partial charge in [0.05, 0.1) is 16.7 Å². The maximum Gasteiger partial charge on any atom is 0.323 e. The number of carbonyl (C=O) groups excluding carboxylic acids is 1. The second-order valence-corrected chi connectivity index (χ2v) is 8.65. The lowest BCUT2D eigenvalue weighted by atomic mass is 10.1. The van der Waals surface area contributed by atoms with Crippen molar-refractivity contribution in [3.63, 3.8) is 0 Å². The molecule has 2 amide bonds. The van der Waals surface area contributed by atoms with Crippen LogP contribution >= 0.6 is 12.4 Å². The number of carboxylic acid groups (broad SMARTS) is 1. The van der Waals surface area contributed by atoms with Gasteiger partial charge in [0.1, 0.15) is 6.04 Å². The molecule has 192 valence electrons. The summed E-state index contributed by atoms with van der Waals surface area (Å²) in [6, 6.07) is 29.0. The Morgan fingerprint density at radius 1 is 0.737 bits per heavy atom. The molecule has 38 heavy (non-hydrogen) atoms. The Balaban J connectivity index is 0.00000336. The van der Waals surface area contributed by atoms with Gasteiger partial charge in [0.2, 0.25) is 0 Å². The number of benzene rings is 4. The van der Waals surface area contributed by atoms with Gasteiger partial charge in [-0.1, -0.05) is 48.5 Å². The molecule has 1 unspecified atom stereocenters. The molecule has 5 rings (SSSR count). The molecule has 0 spiro atoms. The first-order valence-corrected chi connectivity index (χ1v) is 11.8. The Bertz CT molecular complexity index is 1540. The van der Waals surface area contributed by atoms with Crippen LogP contribution in [0.25, 0.3) is 21.8 Å². The van der Waals surface area contributed by atoms with Crippen molar-refractivity contribution >= 4 is 69.0 Å². The third-order valence-electron chi connectivity index (χ3n) is 5.98. The van der Waals surface area contributed by atoms with Crippen LogP contribution in [0, 0.1) is 0 Å². The Morgan fingerprint density at radius 2 is 1.21 bits per heavy atom. The van der Waals surface area contributed by atoms with Crippen molar-refractivity contribution in [2.75, 3.05) is 16.0 Å². The number of urea groups is 1. The quantitative estimate of drug-likeness (QED) is 0.161. The SMILES string of the molecule is Cl.NC(Cc1ccc(NC(=O)Nc2ccc(Nc3c4ccccc4nc4ccccc34)cc2)cc1)C(=O)O. The van der Waals surface area contributed by atoms with Gasteiger partial charge in [0, 0.05) is 27.8 Å². The summed E-state index contributed by atoms with van der Waals surface area (Å²) in [6.45, 7) is 0. The smallest absolute Gasteiger partial charge is 0.323 e. The molecule has 0 bridgehead atoms. The van der Waals surface area contributed by atoms with E-state index in [1.54, 1.807) is 24.3 Å². The van der Waals surface area contributed by atoms with Crippen molar-refractivity contribution in [2.45, 2.75) is 12.5 Å². The number of aliphatic carboxylic acids is 1. The first-order valence-electron chi connectivity index (χ1n) is 11.8. The Morgan fingerprint density at radius 3 is 1.74 bits per heavy atom. The van der Waals surface area contributed by atoms with Crippen molar-refractivity contribution < 1.29 is 14.7 Å². The van der Waals surface area contributed by atoms with E-state index in [1.807, 2.05) is 72.8 Å². The number of fused-ring (bicyclic) bond motifs is 2. The normalized spacial score (nSPS) is 11.4. The number of halogens is 1. The number of para-hydroxylation sites is 2. The van der Waals surface area contributed by atoms with Gasteiger partial charge in [-0.15, -0.1) is 12.4 Å². The molecular weight excluding hydrogens is 502 g/mol. The molecule has 8 nitrogen and oxygen atoms in total. The number of hydrogen-bond acceptors (Lipinski definition) is 5. The number of aromatic nitrogens is 1. The number of hydrogen-bond donors (Lipinski definition) is 5. The topological polar surface area (TPSA) is 129 Å². The zero-order valence-corrected chi connectivity index (χ0v) is 21.0. The fourth-order valence-electron chi connectivity index (χ4n) is 4.11. The van der Waals surface area contributed by atoms with Crippen LogP contribution < -0.4 is 21.7 Å². The molecule has 0 saturated carbocycles. The van der Waals surface area contributed by atoms with Crippen LogP contribution in [0.4, 0.5) is 27.5 Å². The third kappa shape index (κ3) is 6.00. The average molecular weight is 528 g/mol. The maximum atomic E-state index is 12.5. The summed E-state index contributed by atoms with van der Waals surface area (Å²) >= 11 is 0. The molecule has 0 saturated heterocycles. The van der Waals surface area contributed by atoms with Gasteiger partial charge >= 0.3 is 12.0 Å². The lowest BCUT2D eigenvalue weighted by molar-refractivity contribution is -0.138. The number of nitrogens with zero attached hydrogens (tertiary/aromatic N) is 1. The lowest BCUT2D eigenvalue weighted by Gasteiger charge is -2.14. The summed E-state index contributed by atoms with van der Waals surface area (Å²) in [5, 5.41) is 20.1. The number of nitrogens with one attached hydrogen (secondary N) is 3. The molecular formula is C29H26ClN5O3. The van der Waals surface area contributed by atoms with Crippen LogP contribution in [0.3, 0.4) is 0 Å². The molecule has 1 aromatic heterocycles. The van der Waals surface area contributed by atoms with Gasteiger partial charge in [-0.05, 0) is 60.5 Å². The Hall–Kier alpha value is -4.66. The predicted octanol–water partition coefficient (Wildman–Crippen LogP) is 6.15. The second kappa shape index (κ2) is 11.6. The molecule has 9 heteroatoms. The molecule has 5 aromatic rings. The van der Waals surface area contributed by atoms with Crippen LogP contribution in [0.15, 0.2) is 97.1 Å². The Kier molecular flexibility index (Phi) is 8.06. The molecule has 1 heterocycles. The van der Waals surface area contributed by atoms with E-state index < -0.39 is 12.0 Å². The van der Waals surface area contributed by atoms with E-state index >= 15 is 0 Å². The van der Waals surface area contributed by atoms with E-state index in [0.717, 1.165) is 38.7 Å². The minimum atomic E-state index is -1.05. The molecule has 4 aromatic carbocycles. The second-order valence-electron chi connectivity index (χ2n) is 8.65. The summed E-state index contributed by atoms with van der Waals surface area (Å²) in [5.74, 6) is -1.05. The lowest BCUT2D eigenvalue weighted by Crippen LogP contribution is -2.32. The van der Waals surface area contributed by atoms with E-state index in [-0.39, 0.29) is 24.9 Å². The van der Waals surface area contributed by atoms with Crippen LogP contribution in [-0.2, 0) is 11.2 Å². The van der Waals surface area contributed by atoms with Crippen LogP contribution in [0.1, 0.15) is 5.56 Å². The van der Waals surface area contributed by atoms with Crippen molar-refractivity contribution in [1.82, 2.24) is 4.98 Å². The van der Waals surface area contributed by atoms with Crippen molar-refractivity contribution in [1.29, 1.82) is 0 Å². The van der Waals surface area contributed by atoms with E-state index in [2.05, 4.69) is 16.0 Å². The van der Waals surface area contributed by atoms with Crippen LogP contribution in [0.5, 0.6) is 0 Å². The summed E-state index contributed by atoms with van der Waals surface area (Å²) in [6.07, 6.45) is 0.216. The number of carbonyl (C=O) groups is 2. The average Bonchev–Trinajstić information content (AvgIpc) is 2.90. The molecule has 0 aliphatic rings. The van der Waals surface area contributed by atoms with E-state index in [0.29, 0.717) is 11.4 Å². The van der Waals surface area contributed by atoms with Crippen LogP contribution in [-0.4, -0.2) is 28.1 Å². The highest BCUT2D eigenvalue weighted by Crippen LogP contribution is 2.33. The molecule has 0 radical (unpaired) electrons. The zero-order chi connectivity index (χ0) is 25.8. The van der Waals surface area contributed by atoms with E-state index in [4.69, 9.17) is 15.8 Å². The predicted molar refractivity (Wildman–Crippen MR) is 155 cm³/mol. The zero-order valence-electron chi connectivity index (χ0n) is 20.2. The fraction of sp³-hybridized carbons (Fsp3) is 0.0690. The van der Waals surface area contributed by atoms with E-state index in [1.165, 1.54) is 0 Å². The fourth-order valence-corrected chi connectivity index (χ4v) is 4.11. The van der Waals surface area contributed by atoms with Gasteiger partial charge in [-0.25, -0.2) is 9.78 Å². The van der Waals surface area contributed by atoms with Gasteiger partial charge in [0.15, 0.2) is 0 Å². The summed E-state index contributed by atoms with van der Waals surface area (Å²) in [7, 11) is 0. The first-order chi connectivity index (χ1) is 18.0. The standard InChI is InChI=1S/C29H25N5O3.ClH/c30-24(28(35)36)17-18-9-11-20(12-10-18)32-29(37)33-21-15-13-19(14-16-21)31-27-22-5-1-3-7-25(22)34-26-8-4-2-6-23(26)27;/h1-16,24H,17,30H2,(H,31,34)(H,35,36)(H2,32,33,37);1H. The number of carboxylic acids is 1. The number of anilines is 4. The highest BCUT2D eigenvalue weighted by molar-refractivity contribution is 6.08. The highest BCUT2D eigenvalue weighted by Gasteiger charge is 2.12. The Labute approximate surface area is 225 Å². The maximum absolute atomic E-state index is 12.5. The summed E-state index contributed by atoms with van der Waals surface area (Å²) in [5.41, 5.74) is 11.2. The molecule has 0 aliphatic carbocycles. The first kappa shape index (κ1) is 26.4. The number of rotatable bonds is 7. The number of amides is 2. The molecule has 0 fully saturated rings. The third-order valence-corrected chi connectivity index (χ3v) is 5.98. The largest absolute Gasteiger partial charge is 0.480 e. The van der Waals surface area contributed by atoms with Crippen LogP contribution in [0.2, 0.25) is 0 Å². The number of nitrogens with two attached hydrogens (primary N) is 1. The molecule has 6 N–H and O–H groups in total. The van der Waals surface area contributed by atoms with Crippen molar-refractivity contribution in [2.24, 2.45) is 5.73 Å². The minimum Gasteiger partial charge on any atom is -0.480 e.